The second kappa shape index (κ2) is 3.93. The van der Waals surface area contributed by atoms with Gasteiger partial charge in [0, 0.05) is 30.1 Å². The zero-order chi connectivity index (χ0) is 12.1. The summed E-state index contributed by atoms with van der Waals surface area (Å²) in [5.74, 6) is 1.24. The van der Waals surface area contributed by atoms with E-state index >= 15 is 0 Å². The van der Waals surface area contributed by atoms with Crippen LogP contribution in [0.5, 0.6) is 0 Å². The lowest BCUT2D eigenvalue weighted by Crippen LogP contribution is -3.15. The van der Waals surface area contributed by atoms with E-state index in [0.29, 0.717) is 17.9 Å². The molecule has 4 heteroatoms. The van der Waals surface area contributed by atoms with Crippen LogP contribution < -0.4 is 10.5 Å². The van der Waals surface area contributed by atoms with Gasteiger partial charge in [-0.25, -0.2) is 0 Å². The smallest absolute Gasteiger partial charge is 0.250 e. The number of fused-ring (bicyclic) bond motifs is 4. The van der Waals surface area contributed by atoms with E-state index in [1.165, 1.54) is 25.2 Å². The average Bonchev–Trinajstić information content (AvgIpc) is 3.14. The number of hydrogen-bond donors (Lipinski definition) is 1. The first kappa shape index (κ1) is 10.8. The molecule has 1 N–H and O–H groups in total. The molecular weight excluding hydrogens is 228 g/mol. The zero-order valence-corrected chi connectivity index (χ0v) is 10.5. The molecule has 0 saturated carbocycles. The van der Waals surface area contributed by atoms with E-state index < -0.39 is 0 Å². The molecule has 0 aromatic carbocycles. The molecule has 96 valence electrons. The van der Waals surface area contributed by atoms with Gasteiger partial charge in [-0.1, -0.05) is 6.07 Å². The summed E-state index contributed by atoms with van der Waals surface area (Å²) in [7, 11) is 0. The third-order valence-electron chi connectivity index (χ3n) is 4.59. The van der Waals surface area contributed by atoms with E-state index in [4.69, 9.17) is 4.74 Å². The normalized spacial score (nSPS) is 37.1. The quantitative estimate of drug-likeness (QED) is 0.698. The molecule has 1 unspecified atom stereocenters. The Morgan fingerprint density at radius 1 is 1.39 bits per heavy atom. The highest BCUT2D eigenvalue weighted by Gasteiger charge is 2.39. The SMILES string of the molecule is O=c1cccc2n1C[C@@H]1C[C@H]2C[NH+](C[C@H]2CO2)C1. The van der Waals surface area contributed by atoms with Gasteiger partial charge >= 0.3 is 0 Å². The fourth-order valence-corrected chi connectivity index (χ4v) is 3.79. The Morgan fingerprint density at radius 3 is 3.11 bits per heavy atom. The van der Waals surface area contributed by atoms with Gasteiger partial charge in [0.2, 0.25) is 0 Å². The number of nitrogens with one attached hydrogen (secondary N) is 1. The third-order valence-corrected chi connectivity index (χ3v) is 4.59. The second-order valence-electron chi connectivity index (χ2n) is 6.02. The van der Waals surface area contributed by atoms with Gasteiger partial charge in [-0.2, -0.15) is 0 Å². The molecule has 0 radical (unpaired) electrons. The molecular formula is C14H19N2O2+. The van der Waals surface area contributed by atoms with Gasteiger partial charge in [-0.15, -0.1) is 0 Å². The summed E-state index contributed by atoms with van der Waals surface area (Å²) in [6, 6.07) is 5.73. The van der Waals surface area contributed by atoms with Crippen LogP contribution in [0.3, 0.4) is 0 Å². The average molecular weight is 247 g/mol. The van der Waals surface area contributed by atoms with Crippen molar-refractivity contribution in [2.24, 2.45) is 5.92 Å². The molecule has 4 rings (SSSR count). The number of quaternary nitrogens is 1. The van der Waals surface area contributed by atoms with Crippen molar-refractivity contribution in [3.8, 4) is 0 Å². The third kappa shape index (κ3) is 1.80. The molecule has 0 amide bonds. The first-order valence-corrected chi connectivity index (χ1v) is 6.94. The van der Waals surface area contributed by atoms with E-state index in [0.717, 1.165) is 19.7 Å². The Balaban J connectivity index is 1.63. The van der Waals surface area contributed by atoms with Crippen molar-refractivity contribution in [2.45, 2.75) is 25.0 Å². The minimum absolute atomic E-state index is 0.177. The van der Waals surface area contributed by atoms with Crippen LogP contribution in [0.1, 0.15) is 18.0 Å². The highest BCUT2D eigenvalue weighted by Crippen LogP contribution is 2.30. The number of likely N-dealkylation sites (tertiary alicyclic amines) is 1. The Labute approximate surface area is 106 Å². The van der Waals surface area contributed by atoms with Crippen LogP contribution >= 0.6 is 0 Å². The van der Waals surface area contributed by atoms with Gasteiger partial charge in [-0.3, -0.25) is 4.79 Å². The molecule has 4 heterocycles. The molecule has 1 aromatic rings. The number of rotatable bonds is 2. The summed E-state index contributed by atoms with van der Waals surface area (Å²) in [5, 5.41) is 0. The topological polar surface area (TPSA) is 39.0 Å². The van der Waals surface area contributed by atoms with Crippen molar-refractivity contribution >= 4 is 0 Å². The fourth-order valence-electron chi connectivity index (χ4n) is 3.79. The predicted octanol–water partition coefficient (Wildman–Crippen LogP) is -0.751. The van der Waals surface area contributed by atoms with Crippen molar-refractivity contribution in [2.75, 3.05) is 26.2 Å². The Hall–Kier alpha value is -1.13. The van der Waals surface area contributed by atoms with Gasteiger partial charge in [0.15, 0.2) is 0 Å². The first-order valence-electron chi connectivity index (χ1n) is 6.94. The van der Waals surface area contributed by atoms with Crippen LogP contribution in [0, 0.1) is 5.92 Å². The Kier molecular flexibility index (Phi) is 2.35. The maximum absolute atomic E-state index is 11.9. The number of ether oxygens (including phenoxy) is 1. The number of pyridine rings is 1. The summed E-state index contributed by atoms with van der Waals surface area (Å²) < 4.78 is 7.35. The lowest BCUT2D eigenvalue weighted by molar-refractivity contribution is -0.911. The molecule has 1 aromatic heterocycles. The van der Waals surface area contributed by atoms with E-state index in [9.17, 15) is 4.79 Å². The van der Waals surface area contributed by atoms with E-state index in [1.807, 2.05) is 10.6 Å². The number of piperidine rings is 1. The maximum atomic E-state index is 11.9. The largest absolute Gasteiger partial charge is 0.367 e. The minimum atomic E-state index is 0.177. The van der Waals surface area contributed by atoms with Crippen LogP contribution in [-0.4, -0.2) is 36.9 Å². The maximum Gasteiger partial charge on any atom is 0.250 e. The number of aromatic nitrogens is 1. The van der Waals surface area contributed by atoms with Gasteiger partial charge in [0.05, 0.1) is 19.7 Å². The predicted molar refractivity (Wildman–Crippen MR) is 66.9 cm³/mol. The monoisotopic (exact) mass is 247 g/mol. The lowest BCUT2D eigenvalue weighted by atomic mass is 9.83. The first-order chi connectivity index (χ1) is 8.79. The summed E-state index contributed by atoms with van der Waals surface area (Å²) >= 11 is 0. The van der Waals surface area contributed by atoms with E-state index in [-0.39, 0.29) is 5.56 Å². The molecule has 18 heavy (non-hydrogen) atoms. The highest BCUT2D eigenvalue weighted by atomic mass is 16.6. The molecule has 2 saturated heterocycles. The highest BCUT2D eigenvalue weighted by molar-refractivity contribution is 5.15. The number of epoxide rings is 1. The molecule has 4 atom stereocenters. The molecule has 0 aliphatic carbocycles. The van der Waals surface area contributed by atoms with Crippen molar-refractivity contribution in [3.05, 3.63) is 34.2 Å². The fraction of sp³-hybridized carbons (Fsp3) is 0.643. The summed E-state index contributed by atoms with van der Waals surface area (Å²) in [6.45, 7) is 5.40. The molecule has 2 fully saturated rings. The molecule has 4 nitrogen and oxygen atoms in total. The van der Waals surface area contributed by atoms with E-state index in [1.54, 1.807) is 11.0 Å². The molecule has 2 bridgehead atoms. The van der Waals surface area contributed by atoms with Crippen LogP contribution in [0.15, 0.2) is 23.0 Å². The van der Waals surface area contributed by atoms with Crippen LogP contribution in [0.2, 0.25) is 0 Å². The van der Waals surface area contributed by atoms with Crippen molar-refractivity contribution in [1.29, 1.82) is 0 Å². The van der Waals surface area contributed by atoms with Crippen LogP contribution in [-0.2, 0) is 11.3 Å². The molecule has 0 spiro atoms. The Bertz CT molecular complexity index is 521. The second-order valence-corrected chi connectivity index (χ2v) is 6.02. The van der Waals surface area contributed by atoms with Gasteiger partial charge < -0.3 is 14.2 Å². The lowest BCUT2D eigenvalue weighted by Gasteiger charge is -2.40. The van der Waals surface area contributed by atoms with Crippen LogP contribution in [0.4, 0.5) is 0 Å². The Morgan fingerprint density at radius 2 is 2.28 bits per heavy atom. The number of hydrogen-bond acceptors (Lipinski definition) is 2. The molecule has 3 aliphatic heterocycles. The van der Waals surface area contributed by atoms with Crippen LogP contribution in [0.25, 0.3) is 0 Å². The number of nitrogens with zero attached hydrogens (tertiary/aromatic N) is 1. The van der Waals surface area contributed by atoms with Crippen molar-refractivity contribution in [1.82, 2.24) is 4.57 Å². The summed E-state index contributed by atoms with van der Waals surface area (Å²) in [6.07, 6.45) is 1.77. The summed E-state index contributed by atoms with van der Waals surface area (Å²) in [4.78, 5) is 13.6. The van der Waals surface area contributed by atoms with Gasteiger partial charge in [0.25, 0.3) is 5.56 Å². The zero-order valence-electron chi connectivity index (χ0n) is 10.5. The molecule has 3 aliphatic rings. The van der Waals surface area contributed by atoms with E-state index in [2.05, 4.69) is 6.07 Å². The minimum Gasteiger partial charge on any atom is -0.367 e. The standard InChI is InChI=1S/C14H18N2O2/c17-14-3-1-2-13-11-4-10(6-16(13)14)5-15(7-11)8-12-9-18-12/h1-3,10-12H,4-9H2/p+1/t10-,11+,12+/m1/s1. The van der Waals surface area contributed by atoms with Gasteiger partial charge in [-0.05, 0) is 12.5 Å². The van der Waals surface area contributed by atoms with Gasteiger partial charge in [0.1, 0.15) is 12.6 Å². The summed E-state index contributed by atoms with van der Waals surface area (Å²) in [5.41, 5.74) is 1.43. The van der Waals surface area contributed by atoms with Crippen molar-refractivity contribution < 1.29 is 9.64 Å². The van der Waals surface area contributed by atoms with Crippen molar-refractivity contribution in [3.63, 3.8) is 0 Å².